The maximum absolute atomic E-state index is 15.7. The normalized spacial score (nSPS) is 15.0. The molecule has 0 radical (unpaired) electrons. The Balaban J connectivity index is 1.39. The molecule has 0 N–H and O–H groups in total. The Bertz CT molecular complexity index is 1500. The van der Waals surface area contributed by atoms with Crippen LogP contribution in [0.5, 0.6) is 11.8 Å². The summed E-state index contributed by atoms with van der Waals surface area (Å²) in [5.74, 6) is -1.84. The van der Waals surface area contributed by atoms with E-state index in [0.717, 1.165) is 11.1 Å². The van der Waals surface area contributed by atoms with Crippen LogP contribution in [-0.4, -0.2) is 29.6 Å². The van der Waals surface area contributed by atoms with Crippen LogP contribution in [0, 0.1) is 17.6 Å². The lowest BCUT2D eigenvalue weighted by Gasteiger charge is -2.23. The predicted molar refractivity (Wildman–Crippen MR) is 157 cm³/mol. The highest BCUT2D eigenvalue weighted by atomic mass is 19.1. The molecule has 1 saturated heterocycles. The molecule has 3 aromatic carbocycles. The minimum Gasteiger partial charge on any atom is -0.473 e. The van der Waals surface area contributed by atoms with Gasteiger partial charge in [0.1, 0.15) is 30.4 Å². The van der Waals surface area contributed by atoms with Crippen molar-refractivity contribution in [3.63, 3.8) is 0 Å². The first-order valence-electron chi connectivity index (χ1n) is 14.0. The van der Waals surface area contributed by atoms with Gasteiger partial charge in [-0.15, -0.1) is 0 Å². The summed E-state index contributed by atoms with van der Waals surface area (Å²) in [4.78, 5) is 18.8. The highest BCUT2D eigenvalue weighted by Gasteiger charge is 2.33. The lowest BCUT2D eigenvalue weighted by Crippen LogP contribution is -2.30. The zero-order valence-corrected chi connectivity index (χ0v) is 24.0. The highest BCUT2D eigenvalue weighted by molar-refractivity contribution is 5.76. The first-order valence-corrected chi connectivity index (χ1v) is 14.0. The van der Waals surface area contributed by atoms with Crippen LogP contribution in [0.25, 0.3) is 11.1 Å². The molecule has 4 aromatic rings. The molecule has 218 valence electrons. The predicted octanol–water partition coefficient (Wildman–Crippen LogP) is 7.35. The summed E-state index contributed by atoms with van der Waals surface area (Å²) in [6.45, 7) is 6.70. The van der Waals surface area contributed by atoms with Gasteiger partial charge in [0.15, 0.2) is 0 Å². The Labute approximate surface area is 244 Å². The summed E-state index contributed by atoms with van der Waals surface area (Å²) >= 11 is 0. The molecule has 1 atom stereocenters. The van der Waals surface area contributed by atoms with E-state index in [2.05, 4.69) is 4.98 Å². The monoisotopic (exact) mass is 572 g/mol. The van der Waals surface area contributed by atoms with Crippen LogP contribution in [0.2, 0.25) is 0 Å². The van der Waals surface area contributed by atoms with Crippen LogP contribution in [0.3, 0.4) is 0 Å². The van der Waals surface area contributed by atoms with Gasteiger partial charge < -0.3 is 19.1 Å². The second-order valence-electron chi connectivity index (χ2n) is 11.3. The van der Waals surface area contributed by atoms with Gasteiger partial charge >= 0.3 is 5.97 Å². The third kappa shape index (κ3) is 7.24. The summed E-state index contributed by atoms with van der Waals surface area (Å²) in [6, 6.07) is 24.8. The van der Waals surface area contributed by atoms with E-state index in [1.165, 1.54) is 12.1 Å². The summed E-state index contributed by atoms with van der Waals surface area (Å²) in [5, 5.41) is 0. The molecule has 1 aliphatic heterocycles. The first-order chi connectivity index (χ1) is 20.2. The lowest BCUT2D eigenvalue weighted by atomic mass is 10.0. The van der Waals surface area contributed by atoms with Gasteiger partial charge in [-0.05, 0) is 56.5 Å². The molecular formula is C34H34F2N2O4. The number of esters is 1. The standard InChI is InChI=1S/C34H34F2N2O4/c1-34(2,3)42-33(39)25-16-17-38(20-25)26-18-28(35)31(29(36)19-26)27-14-15-30(40-21-23-10-6-4-7-11-23)37-32(27)41-22-24-12-8-5-9-13-24/h4-15,18-19,25H,16-17,20-22H2,1-3H3/t25-/m1/s1. The topological polar surface area (TPSA) is 60.9 Å². The molecule has 2 heterocycles. The lowest BCUT2D eigenvalue weighted by molar-refractivity contribution is -0.159. The van der Waals surface area contributed by atoms with Crippen LogP contribution >= 0.6 is 0 Å². The molecule has 8 heteroatoms. The fourth-order valence-electron chi connectivity index (χ4n) is 4.83. The Hall–Kier alpha value is -4.46. The minimum absolute atomic E-state index is 0.0566. The third-order valence-corrected chi connectivity index (χ3v) is 6.87. The molecular weight excluding hydrogens is 538 g/mol. The van der Waals surface area contributed by atoms with Crippen molar-refractivity contribution in [2.45, 2.75) is 46.0 Å². The number of anilines is 1. The van der Waals surface area contributed by atoms with Gasteiger partial charge in [0, 0.05) is 24.8 Å². The van der Waals surface area contributed by atoms with Crippen molar-refractivity contribution >= 4 is 11.7 Å². The van der Waals surface area contributed by atoms with Gasteiger partial charge in [-0.2, -0.15) is 4.98 Å². The van der Waals surface area contributed by atoms with E-state index in [1.54, 1.807) is 17.0 Å². The minimum atomic E-state index is -0.755. The van der Waals surface area contributed by atoms with Crippen LogP contribution in [-0.2, 0) is 22.7 Å². The van der Waals surface area contributed by atoms with Gasteiger partial charge in [0.25, 0.3) is 0 Å². The van der Waals surface area contributed by atoms with E-state index < -0.39 is 17.2 Å². The van der Waals surface area contributed by atoms with E-state index in [4.69, 9.17) is 14.2 Å². The number of hydrogen-bond donors (Lipinski definition) is 0. The molecule has 1 fully saturated rings. The number of rotatable bonds is 9. The molecule has 0 bridgehead atoms. The Morgan fingerprint density at radius 3 is 2.07 bits per heavy atom. The van der Waals surface area contributed by atoms with Crippen LogP contribution in [0.15, 0.2) is 84.9 Å². The van der Waals surface area contributed by atoms with Crippen molar-refractivity contribution in [2.75, 3.05) is 18.0 Å². The van der Waals surface area contributed by atoms with Crippen molar-refractivity contribution in [1.82, 2.24) is 4.98 Å². The van der Waals surface area contributed by atoms with Crippen molar-refractivity contribution in [2.24, 2.45) is 5.92 Å². The van der Waals surface area contributed by atoms with Crippen LogP contribution < -0.4 is 14.4 Å². The second-order valence-corrected chi connectivity index (χ2v) is 11.3. The number of hydrogen-bond acceptors (Lipinski definition) is 6. The van der Waals surface area contributed by atoms with E-state index in [9.17, 15) is 4.79 Å². The van der Waals surface area contributed by atoms with E-state index in [0.29, 0.717) is 25.2 Å². The van der Waals surface area contributed by atoms with E-state index in [-0.39, 0.29) is 48.0 Å². The molecule has 42 heavy (non-hydrogen) atoms. The zero-order chi connectivity index (χ0) is 29.7. The maximum Gasteiger partial charge on any atom is 0.311 e. The third-order valence-electron chi connectivity index (χ3n) is 6.87. The molecule has 0 spiro atoms. The van der Waals surface area contributed by atoms with Gasteiger partial charge in [-0.3, -0.25) is 4.79 Å². The quantitative estimate of drug-likeness (QED) is 0.196. The second kappa shape index (κ2) is 12.6. The highest BCUT2D eigenvalue weighted by Crippen LogP contribution is 2.38. The fraction of sp³-hybridized carbons (Fsp3) is 0.294. The number of ether oxygens (including phenoxy) is 3. The van der Waals surface area contributed by atoms with Crippen molar-refractivity contribution in [1.29, 1.82) is 0 Å². The number of halogens is 2. The number of carbonyl (C=O) groups excluding carboxylic acids is 1. The van der Waals surface area contributed by atoms with Gasteiger partial charge in [0.05, 0.1) is 17.0 Å². The molecule has 0 saturated carbocycles. The van der Waals surface area contributed by atoms with Gasteiger partial charge in [-0.25, -0.2) is 8.78 Å². The Morgan fingerprint density at radius 2 is 1.48 bits per heavy atom. The van der Waals surface area contributed by atoms with E-state index >= 15 is 8.78 Å². The molecule has 6 nitrogen and oxygen atoms in total. The van der Waals surface area contributed by atoms with Crippen LogP contribution in [0.1, 0.15) is 38.3 Å². The van der Waals surface area contributed by atoms with Crippen LogP contribution in [0.4, 0.5) is 14.5 Å². The number of carbonyl (C=O) groups is 1. The SMILES string of the molecule is CC(C)(C)OC(=O)[C@@H]1CCN(c2cc(F)c(-c3ccc(OCc4ccccc4)nc3OCc3ccccc3)c(F)c2)C1. The summed E-state index contributed by atoms with van der Waals surface area (Å²) in [7, 11) is 0. The molecule has 0 amide bonds. The van der Waals surface area contributed by atoms with Crippen molar-refractivity contribution in [3.05, 3.63) is 108 Å². The number of benzene rings is 3. The van der Waals surface area contributed by atoms with E-state index in [1.807, 2.05) is 81.4 Å². The molecule has 0 unspecified atom stereocenters. The number of aromatic nitrogens is 1. The fourth-order valence-corrected chi connectivity index (χ4v) is 4.83. The smallest absolute Gasteiger partial charge is 0.311 e. The zero-order valence-electron chi connectivity index (χ0n) is 24.0. The summed E-state index contributed by atoms with van der Waals surface area (Å²) in [6.07, 6.45) is 0.547. The molecule has 1 aromatic heterocycles. The Morgan fingerprint density at radius 1 is 0.881 bits per heavy atom. The average molecular weight is 573 g/mol. The summed E-state index contributed by atoms with van der Waals surface area (Å²) < 4.78 is 48.7. The molecule has 0 aliphatic carbocycles. The summed E-state index contributed by atoms with van der Waals surface area (Å²) in [5.41, 5.74) is 1.53. The molecule has 5 rings (SSSR count). The average Bonchev–Trinajstić information content (AvgIpc) is 3.46. The number of pyridine rings is 1. The maximum atomic E-state index is 15.7. The molecule has 1 aliphatic rings. The largest absolute Gasteiger partial charge is 0.473 e. The first kappa shape index (κ1) is 29.0. The van der Waals surface area contributed by atoms with Gasteiger partial charge in [0.2, 0.25) is 11.8 Å². The van der Waals surface area contributed by atoms with Crippen molar-refractivity contribution < 1.29 is 27.8 Å². The Kier molecular flexibility index (Phi) is 8.71. The van der Waals surface area contributed by atoms with Gasteiger partial charge in [-0.1, -0.05) is 60.7 Å². The van der Waals surface area contributed by atoms with Crippen molar-refractivity contribution in [3.8, 4) is 22.9 Å². The number of nitrogens with zero attached hydrogens (tertiary/aromatic N) is 2.